The fourth-order valence-electron chi connectivity index (χ4n) is 11.2. The molecule has 0 aromatic heterocycles. The van der Waals surface area contributed by atoms with Gasteiger partial charge in [-0.15, -0.1) is 0 Å². The summed E-state index contributed by atoms with van der Waals surface area (Å²) >= 11 is 0. The van der Waals surface area contributed by atoms with E-state index in [1.807, 2.05) is 0 Å². The highest BCUT2D eigenvalue weighted by Gasteiger charge is 2.39. The van der Waals surface area contributed by atoms with Crippen molar-refractivity contribution in [1.82, 2.24) is 0 Å². The molecule has 4 aliphatic rings. The lowest BCUT2D eigenvalue weighted by Crippen LogP contribution is -2.17. The minimum atomic E-state index is -0.0793. The summed E-state index contributed by atoms with van der Waals surface area (Å²) < 4.78 is 0. The van der Waals surface area contributed by atoms with Gasteiger partial charge in [-0.25, -0.2) is 0 Å². The van der Waals surface area contributed by atoms with Gasteiger partial charge in [-0.3, -0.25) is 0 Å². The first kappa shape index (κ1) is 34.6. The maximum absolute atomic E-state index is 2.62. The summed E-state index contributed by atoms with van der Waals surface area (Å²) in [6.07, 6.45) is 13.6. The summed E-state index contributed by atoms with van der Waals surface area (Å²) in [4.78, 5) is 2.55. The molecule has 55 heavy (non-hydrogen) atoms. The van der Waals surface area contributed by atoms with E-state index in [0.29, 0.717) is 11.8 Å². The lowest BCUT2D eigenvalue weighted by molar-refractivity contribution is 0.435. The van der Waals surface area contributed by atoms with Crippen LogP contribution in [-0.2, 0) is 10.8 Å². The largest absolute Gasteiger partial charge is 0.310 e. The summed E-state index contributed by atoms with van der Waals surface area (Å²) in [5.41, 5.74) is 20.5. The predicted octanol–water partition coefficient (Wildman–Crippen LogP) is 15.5. The van der Waals surface area contributed by atoms with Crippen LogP contribution in [0.4, 0.5) is 17.1 Å². The van der Waals surface area contributed by atoms with Crippen molar-refractivity contribution in [1.29, 1.82) is 0 Å². The van der Waals surface area contributed by atoms with Crippen LogP contribution < -0.4 is 4.90 Å². The molecule has 0 radical (unpaired) electrons. The van der Waals surface area contributed by atoms with E-state index in [2.05, 4.69) is 160 Å². The fraction of sp³-hybridized carbons (Fsp3) is 0.333. The minimum absolute atomic E-state index is 0.0710. The topological polar surface area (TPSA) is 3.24 Å². The average molecular weight is 718 g/mol. The molecule has 1 heteroatoms. The Hall–Kier alpha value is -4.88. The number of anilines is 3. The Morgan fingerprint density at radius 3 is 1.60 bits per heavy atom. The second-order valence-corrected chi connectivity index (χ2v) is 18.2. The maximum Gasteiger partial charge on any atom is 0.0543 e. The number of hydrogen-bond donors (Lipinski definition) is 0. The molecule has 1 nitrogen and oxygen atoms in total. The smallest absolute Gasteiger partial charge is 0.0543 e. The summed E-state index contributed by atoms with van der Waals surface area (Å²) in [6, 6.07) is 49.6. The number of benzene rings is 6. The van der Waals surface area contributed by atoms with E-state index in [1.54, 1.807) is 11.1 Å². The first-order chi connectivity index (χ1) is 26.8. The monoisotopic (exact) mass is 717 g/mol. The Kier molecular flexibility index (Phi) is 8.43. The Morgan fingerprint density at radius 2 is 0.945 bits per heavy atom. The van der Waals surface area contributed by atoms with Crippen LogP contribution in [0, 0.1) is 0 Å². The van der Waals surface area contributed by atoms with Gasteiger partial charge < -0.3 is 4.90 Å². The molecule has 0 unspecified atom stereocenters. The molecule has 0 heterocycles. The molecule has 4 aliphatic carbocycles. The number of rotatable bonds is 6. The molecule has 0 amide bonds. The van der Waals surface area contributed by atoms with Crippen LogP contribution >= 0.6 is 0 Å². The van der Waals surface area contributed by atoms with E-state index in [4.69, 9.17) is 0 Å². The summed E-state index contributed by atoms with van der Waals surface area (Å²) in [6.45, 7) is 9.56. The lowest BCUT2D eigenvalue weighted by Gasteiger charge is -2.30. The van der Waals surface area contributed by atoms with Gasteiger partial charge in [-0.05, 0) is 129 Å². The van der Waals surface area contributed by atoms with E-state index in [0.717, 1.165) is 0 Å². The van der Waals surface area contributed by atoms with Gasteiger partial charge in [0.25, 0.3) is 0 Å². The summed E-state index contributed by atoms with van der Waals surface area (Å²) in [5.74, 6) is 1.40. The van der Waals surface area contributed by atoms with Crippen LogP contribution in [0.15, 0.2) is 127 Å². The zero-order valence-corrected chi connectivity index (χ0v) is 33.3. The Labute approximate surface area is 329 Å². The molecule has 0 bridgehead atoms. The molecule has 2 fully saturated rings. The van der Waals surface area contributed by atoms with Gasteiger partial charge in [0.15, 0.2) is 0 Å². The van der Waals surface area contributed by atoms with E-state index < -0.39 is 0 Å². The second kappa shape index (κ2) is 13.4. The predicted molar refractivity (Wildman–Crippen MR) is 233 cm³/mol. The van der Waals surface area contributed by atoms with E-state index in [9.17, 15) is 0 Å². The van der Waals surface area contributed by atoms with Gasteiger partial charge in [0.05, 0.1) is 5.69 Å². The van der Waals surface area contributed by atoms with Crippen LogP contribution in [0.2, 0.25) is 0 Å². The van der Waals surface area contributed by atoms with Crippen molar-refractivity contribution in [2.75, 3.05) is 4.90 Å². The Morgan fingerprint density at radius 1 is 0.418 bits per heavy atom. The fourth-order valence-corrected chi connectivity index (χ4v) is 11.2. The third-order valence-corrected chi connectivity index (χ3v) is 14.2. The molecule has 0 saturated heterocycles. The first-order valence-electron chi connectivity index (χ1n) is 21.3. The van der Waals surface area contributed by atoms with Crippen LogP contribution in [0.5, 0.6) is 0 Å². The highest BCUT2D eigenvalue weighted by atomic mass is 15.1. The summed E-state index contributed by atoms with van der Waals surface area (Å²) in [5, 5.41) is 0. The molecule has 0 spiro atoms. The minimum Gasteiger partial charge on any atom is -0.310 e. The van der Waals surface area contributed by atoms with Gasteiger partial charge in [-0.1, -0.05) is 163 Å². The van der Waals surface area contributed by atoms with Gasteiger partial charge >= 0.3 is 0 Å². The standard InChI is InChI=1S/C54H55N/c1-53(2)48-23-14-12-21-46(48)52-49(53)24-15-25-51(52)55(43-30-31-45-44-20-11-13-22-47(44)54(3,4)50(45)35-43)42-28-26-38(27-29-42)41-33-39(36-16-7-5-8-17-36)32-40(34-41)37-18-9-6-10-19-37/h11-15,20-37H,5-10,16-19H2,1-4H3. The highest BCUT2D eigenvalue weighted by molar-refractivity contribution is 5.96. The number of fused-ring (bicyclic) bond motifs is 6. The third-order valence-electron chi connectivity index (χ3n) is 14.2. The van der Waals surface area contributed by atoms with Gasteiger partial charge in [0.2, 0.25) is 0 Å². The lowest BCUT2D eigenvalue weighted by atomic mass is 9.78. The van der Waals surface area contributed by atoms with Gasteiger partial charge in [0, 0.05) is 27.8 Å². The van der Waals surface area contributed by atoms with Crippen molar-refractivity contribution < 1.29 is 0 Å². The van der Waals surface area contributed by atoms with Crippen molar-refractivity contribution in [3.8, 4) is 33.4 Å². The molecular formula is C54H55N. The van der Waals surface area contributed by atoms with E-state index in [1.165, 1.54) is 137 Å². The SMILES string of the molecule is CC1(C)c2ccccc2-c2ccc(N(c3ccc(-c4cc(C5CCCCC5)cc(C5CCCCC5)c4)cc3)c3cccc4c3-c3ccccc3C4(C)C)cc21. The molecule has 6 aromatic rings. The molecule has 0 aliphatic heterocycles. The zero-order chi connectivity index (χ0) is 37.3. The highest BCUT2D eigenvalue weighted by Crippen LogP contribution is 2.56. The van der Waals surface area contributed by atoms with E-state index in [-0.39, 0.29) is 10.8 Å². The molecule has 0 atom stereocenters. The van der Waals surface area contributed by atoms with Crippen LogP contribution in [0.25, 0.3) is 33.4 Å². The van der Waals surface area contributed by atoms with Crippen LogP contribution in [-0.4, -0.2) is 0 Å². The maximum atomic E-state index is 2.62. The first-order valence-corrected chi connectivity index (χ1v) is 21.3. The molecule has 10 rings (SSSR count). The number of hydrogen-bond acceptors (Lipinski definition) is 1. The average Bonchev–Trinajstić information content (AvgIpc) is 3.61. The van der Waals surface area contributed by atoms with E-state index >= 15 is 0 Å². The summed E-state index contributed by atoms with van der Waals surface area (Å²) in [7, 11) is 0. The van der Waals surface area contributed by atoms with Crippen molar-refractivity contribution in [3.63, 3.8) is 0 Å². The van der Waals surface area contributed by atoms with Gasteiger partial charge in [0.1, 0.15) is 0 Å². The van der Waals surface area contributed by atoms with Crippen molar-refractivity contribution in [2.45, 2.75) is 115 Å². The molecule has 276 valence electrons. The molecule has 0 N–H and O–H groups in total. The molecular weight excluding hydrogens is 663 g/mol. The van der Waals surface area contributed by atoms with Crippen LogP contribution in [0.3, 0.4) is 0 Å². The zero-order valence-electron chi connectivity index (χ0n) is 33.3. The second-order valence-electron chi connectivity index (χ2n) is 18.2. The Balaban J connectivity index is 1.12. The van der Waals surface area contributed by atoms with Crippen molar-refractivity contribution in [3.05, 3.63) is 161 Å². The van der Waals surface area contributed by atoms with Crippen molar-refractivity contribution >= 4 is 17.1 Å². The van der Waals surface area contributed by atoms with Crippen LogP contribution in [0.1, 0.15) is 137 Å². The van der Waals surface area contributed by atoms with Gasteiger partial charge in [-0.2, -0.15) is 0 Å². The third kappa shape index (κ3) is 5.72. The molecule has 2 saturated carbocycles. The Bertz CT molecular complexity index is 2360. The quantitative estimate of drug-likeness (QED) is 0.166. The van der Waals surface area contributed by atoms with Crippen molar-refractivity contribution in [2.24, 2.45) is 0 Å². The molecule has 6 aromatic carbocycles. The normalized spacial score (nSPS) is 18.3. The number of nitrogens with zero attached hydrogens (tertiary/aromatic N) is 1.